The zero-order valence-corrected chi connectivity index (χ0v) is 15.8. The van der Waals surface area contributed by atoms with Crippen LogP contribution in [0.25, 0.3) is 0 Å². The summed E-state index contributed by atoms with van der Waals surface area (Å²) in [7, 11) is -2.32. The number of sulfonamides is 1. The smallest absolute Gasteiger partial charge is 0.243 e. The third kappa shape index (κ3) is 5.60. The van der Waals surface area contributed by atoms with Crippen LogP contribution in [0.4, 0.5) is 0 Å². The summed E-state index contributed by atoms with van der Waals surface area (Å²) in [6, 6.07) is 6.15. The predicted molar refractivity (Wildman–Crippen MR) is 96.9 cm³/mol. The number of carbonyl (C=O) groups is 1. The molecule has 0 bridgehead atoms. The van der Waals surface area contributed by atoms with Crippen molar-refractivity contribution in [2.24, 2.45) is 5.73 Å². The Morgan fingerprint density at radius 3 is 2.33 bits per heavy atom. The number of nitrogens with one attached hydrogen (secondary N) is 1. The summed E-state index contributed by atoms with van der Waals surface area (Å²) < 4.78 is 25.8. The van der Waals surface area contributed by atoms with Gasteiger partial charge in [0.15, 0.2) is 0 Å². The number of nitrogens with zero attached hydrogens (tertiary/aromatic N) is 1. The van der Waals surface area contributed by atoms with Gasteiger partial charge in [-0.05, 0) is 49.9 Å². The molecule has 1 fully saturated rings. The minimum Gasteiger partial charge on any atom is -0.352 e. The standard InChI is InChI=1S/C15H22ClN3O3S.ClH/c1-19(23(21,22)14-8-2-11(16)3-9-14)10-15(20)18-13-6-4-12(17)5-7-13;/h2-3,8-9,12-13H,4-7,10,17H2,1H3,(H,18,20);1H. The maximum atomic E-state index is 12.4. The molecule has 0 aromatic heterocycles. The number of likely N-dealkylation sites (N-methyl/N-ethyl adjacent to an activating group) is 1. The van der Waals surface area contributed by atoms with Crippen LogP contribution in [0.3, 0.4) is 0 Å². The minimum atomic E-state index is -3.71. The van der Waals surface area contributed by atoms with Crippen LogP contribution in [0.2, 0.25) is 5.02 Å². The summed E-state index contributed by atoms with van der Waals surface area (Å²) in [6.45, 7) is -0.215. The van der Waals surface area contributed by atoms with Crippen molar-refractivity contribution in [3.05, 3.63) is 29.3 Å². The fraction of sp³-hybridized carbons (Fsp3) is 0.533. The lowest BCUT2D eigenvalue weighted by atomic mass is 9.92. The van der Waals surface area contributed by atoms with E-state index in [1.165, 1.54) is 31.3 Å². The van der Waals surface area contributed by atoms with E-state index in [0.29, 0.717) is 5.02 Å². The first-order valence-corrected chi connectivity index (χ1v) is 9.37. The van der Waals surface area contributed by atoms with E-state index in [9.17, 15) is 13.2 Å². The van der Waals surface area contributed by atoms with E-state index < -0.39 is 10.0 Å². The SMILES string of the molecule is CN(CC(=O)NC1CCC(N)CC1)S(=O)(=O)c1ccc(Cl)cc1.Cl. The van der Waals surface area contributed by atoms with Gasteiger partial charge >= 0.3 is 0 Å². The number of hydrogen-bond acceptors (Lipinski definition) is 4. The van der Waals surface area contributed by atoms with E-state index in [4.69, 9.17) is 17.3 Å². The van der Waals surface area contributed by atoms with E-state index in [2.05, 4.69) is 5.32 Å². The highest BCUT2D eigenvalue weighted by molar-refractivity contribution is 7.89. The Morgan fingerprint density at radius 2 is 1.79 bits per heavy atom. The van der Waals surface area contributed by atoms with Crippen molar-refractivity contribution in [2.45, 2.75) is 42.7 Å². The molecule has 2 rings (SSSR count). The van der Waals surface area contributed by atoms with Crippen LogP contribution in [-0.4, -0.2) is 44.3 Å². The molecule has 0 saturated heterocycles. The lowest BCUT2D eigenvalue weighted by Gasteiger charge is -2.27. The molecule has 0 spiro atoms. The molecule has 0 atom stereocenters. The number of hydrogen-bond donors (Lipinski definition) is 2. The molecule has 0 unspecified atom stereocenters. The van der Waals surface area contributed by atoms with Crippen molar-refractivity contribution >= 4 is 39.9 Å². The average Bonchev–Trinajstić information content (AvgIpc) is 2.50. The monoisotopic (exact) mass is 395 g/mol. The van der Waals surface area contributed by atoms with Crippen molar-refractivity contribution in [2.75, 3.05) is 13.6 Å². The van der Waals surface area contributed by atoms with E-state index in [1.54, 1.807) is 0 Å². The maximum absolute atomic E-state index is 12.4. The van der Waals surface area contributed by atoms with Gasteiger partial charge in [-0.15, -0.1) is 12.4 Å². The maximum Gasteiger partial charge on any atom is 0.243 e. The summed E-state index contributed by atoms with van der Waals surface area (Å²) in [5.74, 6) is -0.300. The van der Waals surface area contributed by atoms with Gasteiger partial charge in [-0.2, -0.15) is 4.31 Å². The van der Waals surface area contributed by atoms with Crippen LogP contribution in [-0.2, 0) is 14.8 Å². The molecule has 1 aromatic rings. The summed E-state index contributed by atoms with van der Waals surface area (Å²) in [6.07, 6.45) is 3.43. The summed E-state index contributed by atoms with van der Waals surface area (Å²) >= 11 is 5.76. The molecule has 1 saturated carbocycles. The second kappa shape index (κ2) is 9.01. The Balaban J connectivity index is 0.00000288. The molecule has 1 aliphatic carbocycles. The lowest BCUT2D eigenvalue weighted by Crippen LogP contribution is -2.45. The normalized spacial score (nSPS) is 21.2. The van der Waals surface area contributed by atoms with E-state index in [1.807, 2.05) is 0 Å². The highest BCUT2D eigenvalue weighted by Crippen LogP contribution is 2.18. The Kier molecular flexibility index (Phi) is 7.95. The molecule has 1 aliphatic rings. The molecule has 3 N–H and O–H groups in total. The molecule has 0 radical (unpaired) electrons. The average molecular weight is 396 g/mol. The number of nitrogens with two attached hydrogens (primary N) is 1. The molecule has 6 nitrogen and oxygen atoms in total. The summed E-state index contributed by atoms with van der Waals surface area (Å²) in [4.78, 5) is 12.2. The molecular weight excluding hydrogens is 373 g/mol. The first-order chi connectivity index (χ1) is 10.8. The fourth-order valence-electron chi connectivity index (χ4n) is 2.61. The van der Waals surface area contributed by atoms with Gasteiger partial charge < -0.3 is 11.1 Å². The van der Waals surface area contributed by atoms with Crippen LogP contribution >= 0.6 is 24.0 Å². The van der Waals surface area contributed by atoms with Crippen LogP contribution < -0.4 is 11.1 Å². The van der Waals surface area contributed by atoms with Crippen molar-refractivity contribution in [3.63, 3.8) is 0 Å². The lowest BCUT2D eigenvalue weighted by molar-refractivity contribution is -0.122. The van der Waals surface area contributed by atoms with Crippen molar-refractivity contribution < 1.29 is 13.2 Å². The third-order valence-corrected chi connectivity index (χ3v) is 6.09. The topological polar surface area (TPSA) is 92.5 Å². The fourth-order valence-corrected chi connectivity index (χ4v) is 3.86. The zero-order chi connectivity index (χ0) is 17.0. The van der Waals surface area contributed by atoms with Gasteiger partial charge in [-0.1, -0.05) is 11.6 Å². The van der Waals surface area contributed by atoms with Gasteiger partial charge in [-0.25, -0.2) is 8.42 Å². The first-order valence-electron chi connectivity index (χ1n) is 7.56. The third-order valence-electron chi connectivity index (χ3n) is 4.03. The highest BCUT2D eigenvalue weighted by atomic mass is 35.5. The highest BCUT2D eigenvalue weighted by Gasteiger charge is 2.25. The molecule has 0 heterocycles. The van der Waals surface area contributed by atoms with Gasteiger partial charge in [0.05, 0.1) is 11.4 Å². The molecular formula is C15H23Cl2N3O3S. The van der Waals surface area contributed by atoms with Gasteiger partial charge in [0.1, 0.15) is 0 Å². The quantitative estimate of drug-likeness (QED) is 0.794. The van der Waals surface area contributed by atoms with Crippen LogP contribution in [0.15, 0.2) is 29.2 Å². The molecule has 136 valence electrons. The number of rotatable bonds is 5. The van der Waals surface area contributed by atoms with Gasteiger partial charge in [0.2, 0.25) is 15.9 Å². The van der Waals surface area contributed by atoms with Crippen LogP contribution in [0, 0.1) is 0 Å². The number of amides is 1. The summed E-state index contributed by atoms with van der Waals surface area (Å²) in [5, 5.41) is 3.34. The predicted octanol–water partition coefficient (Wildman–Crippen LogP) is 1.77. The molecule has 0 aliphatic heterocycles. The summed E-state index contributed by atoms with van der Waals surface area (Å²) in [5.41, 5.74) is 5.83. The Morgan fingerprint density at radius 1 is 1.25 bits per heavy atom. The molecule has 1 aromatic carbocycles. The van der Waals surface area contributed by atoms with E-state index in [0.717, 1.165) is 30.0 Å². The minimum absolute atomic E-state index is 0. The number of halogens is 2. The second-order valence-corrected chi connectivity index (χ2v) is 8.38. The molecule has 1 amide bonds. The number of carbonyl (C=O) groups excluding carboxylic acids is 1. The van der Waals surface area contributed by atoms with E-state index in [-0.39, 0.29) is 41.8 Å². The van der Waals surface area contributed by atoms with Crippen molar-refractivity contribution in [3.8, 4) is 0 Å². The Bertz CT molecular complexity index is 644. The Labute approximate surface area is 154 Å². The van der Waals surface area contributed by atoms with Gasteiger partial charge in [0, 0.05) is 24.2 Å². The van der Waals surface area contributed by atoms with Gasteiger partial charge in [0.25, 0.3) is 0 Å². The zero-order valence-electron chi connectivity index (χ0n) is 13.4. The van der Waals surface area contributed by atoms with Crippen molar-refractivity contribution in [1.82, 2.24) is 9.62 Å². The van der Waals surface area contributed by atoms with Crippen LogP contribution in [0.1, 0.15) is 25.7 Å². The second-order valence-electron chi connectivity index (χ2n) is 5.89. The molecule has 24 heavy (non-hydrogen) atoms. The first kappa shape index (κ1) is 21.2. The van der Waals surface area contributed by atoms with Crippen LogP contribution in [0.5, 0.6) is 0 Å². The van der Waals surface area contributed by atoms with Gasteiger partial charge in [-0.3, -0.25) is 4.79 Å². The van der Waals surface area contributed by atoms with Crippen molar-refractivity contribution in [1.29, 1.82) is 0 Å². The number of benzene rings is 1. The Hall–Kier alpha value is -0.860. The van der Waals surface area contributed by atoms with E-state index >= 15 is 0 Å². The largest absolute Gasteiger partial charge is 0.352 e. The molecule has 9 heteroatoms.